The molecule has 0 heterocycles. The van der Waals surface area contributed by atoms with Gasteiger partial charge in [0.05, 0.1) is 7.11 Å². The lowest BCUT2D eigenvalue weighted by Crippen LogP contribution is -1.96. The molecule has 0 saturated carbocycles. The second-order valence-electron chi connectivity index (χ2n) is 4.71. The predicted octanol–water partition coefficient (Wildman–Crippen LogP) is 4.10. The molecule has 0 fully saturated rings. The Morgan fingerprint density at radius 3 is 2.28 bits per heavy atom. The van der Waals surface area contributed by atoms with Gasteiger partial charge >= 0.3 is 0 Å². The molecule has 0 radical (unpaired) electrons. The zero-order chi connectivity index (χ0) is 13.0. The molecule has 0 spiro atoms. The Balaban J connectivity index is 2.04. The second-order valence-corrected chi connectivity index (χ2v) is 4.71. The maximum absolute atomic E-state index is 5.17. The van der Waals surface area contributed by atoms with E-state index in [9.17, 15) is 0 Å². The normalized spacial score (nSPS) is 10.4. The van der Waals surface area contributed by atoms with Crippen LogP contribution in [-0.2, 0) is 12.8 Å². The lowest BCUT2D eigenvalue weighted by atomic mass is 9.97. The van der Waals surface area contributed by atoms with E-state index >= 15 is 0 Å². The molecule has 0 aromatic heterocycles. The lowest BCUT2D eigenvalue weighted by Gasteiger charge is -2.09. The first-order valence-electron chi connectivity index (χ1n) is 6.38. The molecule has 0 saturated heterocycles. The zero-order valence-corrected chi connectivity index (χ0v) is 11.4. The molecule has 18 heavy (non-hydrogen) atoms. The Labute approximate surface area is 109 Å². The van der Waals surface area contributed by atoms with E-state index in [-0.39, 0.29) is 0 Å². The molecule has 2 rings (SSSR count). The molecule has 0 aliphatic carbocycles. The molecular weight excluding hydrogens is 220 g/mol. The molecule has 2 aromatic carbocycles. The molecule has 0 atom stereocenters. The molecular formula is C17H20O. The minimum atomic E-state index is 0.922. The fraction of sp³-hybridized carbons (Fsp3) is 0.294. The van der Waals surface area contributed by atoms with Gasteiger partial charge in [-0.15, -0.1) is 0 Å². The van der Waals surface area contributed by atoms with Gasteiger partial charge in [0.25, 0.3) is 0 Å². The van der Waals surface area contributed by atoms with E-state index in [1.165, 1.54) is 22.3 Å². The van der Waals surface area contributed by atoms with E-state index in [0.717, 1.165) is 18.6 Å². The van der Waals surface area contributed by atoms with Crippen molar-refractivity contribution in [3.8, 4) is 5.75 Å². The quantitative estimate of drug-likeness (QED) is 0.782. The molecule has 94 valence electrons. The number of aryl methyl sites for hydroxylation is 3. The Kier molecular flexibility index (Phi) is 4.03. The lowest BCUT2D eigenvalue weighted by molar-refractivity contribution is 0.414. The summed E-state index contributed by atoms with van der Waals surface area (Å²) in [6.45, 7) is 4.38. The van der Waals surface area contributed by atoms with Crippen molar-refractivity contribution in [2.75, 3.05) is 7.11 Å². The third-order valence-corrected chi connectivity index (χ3v) is 3.56. The minimum absolute atomic E-state index is 0.922. The molecule has 0 bridgehead atoms. The van der Waals surface area contributed by atoms with Gasteiger partial charge in [0.2, 0.25) is 0 Å². The van der Waals surface area contributed by atoms with E-state index in [1.807, 2.05) is 12.1 Å². The number of hydrogen-bond acceptors (Lipinski definition) is 1. The smallest absolute Gasteiger partial charge is 0.118 e. The van der Waals surface area contributed by atoms with Gasteiger partial charge in [-0.1, -0.05) is 30.3 Å². The molecule has 0 aliphatic rings. The monoisotopic (exact) mass is 240 g/mol. The molecule has 1 heteroatoms. The first-order chi connectivity index (χ1) is 8.70. The molecule has 0 amide bonds. The van der Waals surface area contributed by atoms with Crippen LogP contribution in [0.25, 0.3) is 0 Å². The molecule has 0 aliphatic heterocycles. The van der Waals surface area contributed by atoms with Crippen molar-refractivity contribution in [3.63, 3.8) is 0 Å². The third-order valence-electron chi connectivity index (χ3n) is 3.56. The maximum atomic E-state index is 5.17. The van der Waals surface area contributed by atoms with Crippen molar-refractivity contribution in [1.29, 1.82) is 0 Å². The van der Waals surface area contributed by atoms with Gasteiger partial charge in [-0.3, -0.25) is 0 Å². The summed E-state index contributed by atoms with van der Waals surface area (Å²) in [5, 5.41) is 0. The number of benzene rings is 2. The predicted molar refractivity (Wildman–Crippen MR) is 76.3 cm³/mol. The average molecular weight is 240 g/mol. The van der Waals surface area contributed by atoms with Crippen LogP contribution < -0.4 is 4.74 Å². The molecule has 1 nitrogen and oxygen atoms in total. The summed E-state index contributed by atoms with van der Waals surface area (Å²) in [6.07, 6.45) is 2.17. The van der Waals surface area contributed by atoms with E-state index in [2.05, 4.69) is 44.2 Å². The van der Waals surface area contributed by atoms with Crippen LogP contribution in [0.3, 0.4) is 0 Å². The highest BCUT2D eigenvalue weighted by Crippen LogP contribution is 2.17. The summed E-state index contributed by atoms with van der Waals surface area (Å²) in [5.74, 6) is 0.922. The first-order valence-corrected chi connectivity index (χ1v) is 6.38. The summed E-state index contributed by atoms with van der Waals surface area (Å²) < 4.78 is 5.17. The fourth-order valence-electron chi connectivity index (χ4n) is 2.15. The minimum Gasteiger partial charge on any atom is -0.497 e. The number of ether oxygens (including phenoxy) is 1. The van der Waals surface area contributed by atoms with Crippen molar-refractivity contribution in [2.45, 2.75) is 26.7 Å². The Morgan fingerprint density at radius 1 is 0.889 bits per heavy atom. The highest BCUT2D eigenvalue weighted by Gasteiger charge is 2.01. The van der Waals surface area contributed by atoms with Gasteiger partial charge in [-0.25, -0.2) is 0 Å². The SMILES string of the molecule is COc1ccc(CCc2cccc(C)c2C)cc1. The topological polar surface area (TPSA) is 9.23 Å². The van der Waals surface area contributed by atoms with Crippen LogP contribution in [0.4, 0.5) is 0 Å². The van der Waals surface area contributed by atoms with Crippen molar-refractivity contribution in [1.82, 2.24) is 0 Å². The van der Waals surface area contributed by atoms with Crippen molar-refractivity contribution in [3.05, 3.63) is 64.7 Å². The summed E-state index contributed by atoms with van der Waals surface area (Å²) in [4.78, 5) is 0. The average Bonchev–Trinajstić information content (AvgIpc) is 2.41. The van der Waals surface area contributed by atoms with Crippen LogP contribution >= 0.6 is 0 Å². The van der Waals surface area contributed by atoms with Crippen LogP contribution in [0, 0.1) is 13.8 Å². The Hall–Kier alpha value is -1.76. The second kappa shape index (κ2) is 5.72. The summed E-state index contributed by atoms with van der Waals surface area (Å²) in [7, 11) is 1.70. The van der Waals surface area contributed by atoms with Crippen LogP contribution in [0.15, 0.2) is 42.5 Å². The van der Waals surface area contributed by atoms with E-state index in [0.29, 0.717) is 0 Å². The van der Waals surface area contributed by atoms with Crippen LogP contribution in [0.1, 0.15) is 22.3 Å². The fourth-order valence-corrected chi connectivity index (χ4v) is 2.15. The highest BCUT2D eigenvalue weighted by atomic mass is 16.5. The van der Waals surface area contributed by atoms with Gasteiger partial charge in [0, 0.05) is 0 Å². The van der Waals surface area contributed by atoms with Gasteiger partial charge in [0.15, 0.2) is 0 Å². The number of methoxy groups -OCH3 is 1. The van der Waals surface area contributed by atoms with Crippen LogP contribution in [-0.4, -0.2) is 7.11 Å². The van der Waals surface area contributed by atoms with Gasteiger partial charge in [0.1, 0.15) is 5.75 Å². The molecule has 0 unspecified atom stereocenters. The number of hydrogen-bond donors (Lipinski definition) is 0. The summed E-state index contributed by atoms with van der Waals surface area (Å²) in [6, 6.07) is 14.9. The largest absolute Gasteiger partial charge is 0.497 e. The van der Waals surface area contributed by atoms with Crippen LogP contribution in [0.2, 0.25) is 0 Å². The standard InChI is InChI=1S/C17H20O/c1-13-5-4-6-16(14(13)2)10-7-15-8-11-17(18-3)12-9-15/h4-6,8-9,11-12H,7,10H2,1-3H3. The third kappa shape index (κ3) is 2.92. The van der Waals surface area contributed by atoms with E-state index in [4.69, 9.17) is 4.74 Å². The van der Waals surface area contributed by atoms with Gasteiger partial charge in [-0.2, -0.15) is 0 Å². The Bertz CT molecular complexity index is 512. The van der Waals surface area contributed by atoms with Crippen molar-refractivity contribution < 1.29 is 4.74 Å². The van der Waals surface area contributed by atoms with Gasteiger partial charge in [-0.05, 0) is 61.1 Å². The first kappa shape index (κ1) is 12.7. The maximum Gasteiger partial charge on any atom is 0.118 e. The molecule has 2 aromatic rings. The van der Waals surface area contributed by atoms with Crippen molar-refractivity contribution >= 4 is 0 Å². The molecule has 0 N–H and O–H groups in total. The number of rotatable bonds is 4. The van der Waals surface area contributed by atoms with E-state index in [1.54, 1.807) is 7.11 Å². The zero-order valence-electron chi connectivity index (χ0n) is 11.4. The highest BCUT2D eigenvalue weighted by molar-refractivity contribution is 5.34. The summed E-state index contributed by atoms with van der Waals surface area (Å²) >= 11 is 0. The van der Waals surface area contributed by atoms with E-state index < -0.39 is 0 Å². The van der Waals surface area contributed by atoms with Crippen LogP contribution in [0.5, 0.6) is 5.75 Å². The Morgan fingerprint density at radius 2 is 1.61 bits per heavy atom. The van der Waals surface area contributed by atoms with Gasteiger partial charge < -0.3 is 4.74 Å². The van der Waals surface area contributed by atoms with Crippen molar-refractivity contribution in [2.24, 2.45) is 0 Å². The summed E-state index contributed by atoms with van der Waals surface area (Å²) in [5.41, 5.74) is 5.61.